The van der Waals surface area contributed by atoms with Crippen molar-refractivity contribution in [2.24, 2.45) is 4.99 Å². The molecule has 0 radical (unpaired) electrons. The summed E-state index contributed by atoms with van der Waals surface area (Å²) in [5.74, 6) is 1.54. The van der Waals surface area contributed by atoms with Crippen LogP contribution in [-0.4, -0.2) is 37.9 Å². The van der Waals surface area contributed by atoms with Gasteiger partial charge in [-0.25, -0.2) is 0 Å². The van der Waals surface area contributed by atoms with Crippen molar-refractivity contribution >= 4 is 34.3 Å². The molecule has 0 fully saturated rings. The highest BCUT2D eigenvalue weighted by Gasteiger charge is 2.20. The highest BCUT2D eigenvalue weighted by atomic mass is 79.9. The Balaban J connectivity index is 0.00000320. The Morgan fingerprint density at radius 2 is 1.73 bits per heavy atom. The number of carbonyl (C=O) groups excluding carboxylic acids is 1. The molecule has 0 bridgehead atoms. The molecule has 0 spiro atoms. The van der Waals surface area contributed by atoms with Crippen LogP contribution in [0.25, 0.3) is 0 Å². The van der Waals surface area contributed by atoms with E-state index < -0.39 is 6.61 Å². The minimum atomic E-state index is -2.89. The highest BCUT2D eigenvalue weighted by molar-refractivity contribution is 8.93. The van der Waals surface area contributed by atoms with Crippen LogP contribution in [0.1, 0.15) is 36.5 Å². The van der Waals surface area contributed by atoms with Gasteiger partial charge in [0.2, 0.25) is 0 Å². The summed E-state index contributed by atoms with van der Waals surface area (Å²) in [6.07, 6.45) is 2.88. The van der Waals surface area contributed by atoms with Crippen molar-refractivity contribution in [1.82, 2.24) is 0 Å². The maximum Gasteiger partial charge on any atom is 0.387 e. The zero-order valence-electron chi connectivity index (χ0n) is 16.7. The van der Waals surface area contributed by atoms with Crippen LogP contribution < -0.4 is 14.4 Å². The van der Waals surface area contributed by atoms with E-state index in [4.69, 9.17) is 4.74 Å². The number of alkyl halides is 2. The van der Waals surface area contributed by atoms with Gasteiger partial charge in [-0.1, -0.05) is 0 Å². The molecule has 162 valence electrons. The summed E-state index contributed by atoms with van der Waals surface area (Å²) >= 11 is 0. The second-order valence-electron chi connectivity index (χ2n) is 6.59. The van der Waals surface area contributed by atoms with E-state index in [2.05, 4.69) is 9.73 Å². The number of amidine groups is 1. The monoisotopic (exact) mass is 482 g/mol. The van der Waals surface area contributed by atoms with Crippen molar-refractivity contribution < 1.29 is 23.0 Å². The Hall–Kier alpha value is -2.48. The van der Waals surface area contributed by atoms with Crippen LogP contribution in [0.3, 0.4) is 0 Å². The third-order valence-corrected chi connectivity index (χ3v) is 4.58. The average Bonchev–Trinajstić information content (AvgIpc) is 2.73. The van der Waals surface area contributed by atoms with Crippen molar-refractivity contribution in [2.45, 2.75) is 32.8 Å². The number of rotatable bonds is 8. The minimum Gasteiger partial charge on any atom is -0.494 e. The van der Waals surface area contributed by atoms with Gasteiger partial charge in [-0.05, 0) is 68.3 Å². The summed E-state index contributed by atoms with van der Waals surface area (Å²) in [6, 6.07) is 13.3. The minimum absolute atomic E-state index is 0. The van der Waals surface area contributed by atoms with E-state index in [1.165, 1.54) is 24.3 Å². The number of halogens is 3. The molecule has 0 unspecified atom stereocenters. The Morgan fingerprint density at radius 1 is 1.07 bits per heavy atom. The number of hydrogen-bond acceptors (Lipinski definition) is 5. The van der Waals surface area contributed by atoms with Crippen LogP contribution in [0, 0.1) is 0 Å². The van der Waals surface area contributed by atoms with E-state index in [0.29, 0.717) is 12.2 Å². The number of carbonyl (C=O) groups is 1. The van der Waals surface area contributed by atoms with Crippen molar-refractivity contribution in [1.29, 1.82) is 0 Å². The molecule has 8 heteroatoms. The predicted molar refractivity (Wildman–Crippen MR) is 119 cm³/mol. The number of hydrogen-bond donors (Lipinski definition) is 0. The van der Waals surface area contributed by atoms with Gasteiger partial charge < -0.3 is 14.4 Å². The molecule has 2 aromatic carbocycles. The van der Waals surface area contributed by atoms with Gasteiger partial charge in [-0.15, -0.1) is 17.0 Å². The summed E-state index contributed by atoms with van der Waals surface area (Å²) in [5, 5.41) is 0. The van der Waals surface area contributed by atoms with Crippen molar-refractivity contribution in [3.63, 3.8) is 0 Å². The normalized spacial score (nSPS) is 13.3. The molecule has 1 aliphatic rings. The van der Waals surface area contributed by atoms with Gasteiger partial charge >= 0.3 is 6.61 Å². The molecule has 1 aliphatic heterocycles. The molecule has 0 amide bonds. The SMILES string of the molecule is Br.CCOc1ccc(N(CC(=O)c2ccc(OC(F)F)cc2)C2=NCCCC2)cc1. The van der Waals surface area contributed by atoms with Crippen molar-refractivity contribution in [2.75, 3.05) is 24.6 Å². The first-order chi connectivity index (χ1) is 14.1. The molecule has 0 aromatic heterocycles. The van der Waals surface area contributed by atoms with Gasteiger partial charge in [-0.2, -0.15) is 8.78 Å². The predicted octanol–water partition coefficient (Wildman–Crippen LogP) is 5.54. The van der Waals surface area contributed by atoms with Crippen LogP contribution >= 0.6 is 17.0 Å². The van der Waals surface area contributed by atoms with Gasteiger partial charge in [0, 0.05) is 24.2 Å². The average molecular weight is 483 g/mol. The van der Waals surface area contributed by atoms with Gasteiger partial charge in [0.1, 0.15) is 17.3 Å². The molecule has 3 rings (SSSR count). The molecule has 0 aliphatic carbocycles. The number of aliphatic imine (C=N–C) groups is 1. The lowest BCUT2D eigenvalue weighted by atomic mass is 10.1. The van der Waals surface area contributed by atoms with E-state index in [-0.39, 0.29) is 35.1 Å². The van der Waals surface area contributed by atoms with Gasteiger partial charge in [0.25, 0.3) is 0 Å². The number of nitrogens with zero attached hydrogens (tertiary/aromatic N) is 2. The highest BCUT2D eigenvalue weighted by Crippen LogP contribution is 2.24. The molecule has 0 saturated heterocycles. The number of ketones is 1. The number of anilines is 1. The number of ether oxygens (including phenoxy) is 2. The second kappa shape index (κ2) is 11.6. The first kappa shape index (κ1) is 23.8. The molecule has 30 heavy (non-hydrogen) atoms. The summed E-state index contributed by atoms with van der Waals surface area (Å²) in [5.41, 5.74) is 1.29. The smallest absolute Gasteiger partial charge is 0.387 e. The van der Waals surface area contributed by atoms with Crippen LogP contribution in [0.15, 0.2) is 53.5 Å². The molecule has 0 atom stereocenters. The van der Waals surface area contributed by atoms with Gasteiger partial charge in [0.15, 0.2) is 5.78 Å². The Labute approximate surface area is 185 Å². The topological polar surface area (TPSA) is 51.1 Å². The zero-order chi connectivity index (χ0) is 20.6. The maximum absolute atomic E-state index is 12.9. The van der Waals surface area contributed by atoms with Gasteiger partial charge in [0.05, 0.1) is 13.2 Å². The van der Waals surface area contributed by atoms with Crippen LogP contribution in [-0.2, 0) is 0 Å². The first-order valence-corrected chi connectivity index (χ1v) is 9.68. The second-order valence-corrected chi connectivity index (χ2v) is 6.59. The van der Waals surface area contributed by atoms with E-state index in [1.54, 1.807) is 0 Å². The molecule has 0 N–H and O–H groups in total. The van der Waals surface area contributed by atoms with Crippen LogP contribution in [0.4, 0.5) is 14.5 Å². The Morgan fingerprint density at radius 3 is 2.30 bits per heavy atom. The van der Waals surface area contributed by atoms with Crippen LogP contribution in [0.2, 0.25) is 0 Å². The Bertz CT molecular complexity index is 842. The quantitative estimate of drug-likeness (QED) is 0.463. The number of benzene rings is 2. The van der Waals surface area contributed by atoms with Crippen molar-refractivity contribution in [3.05, 3.63) is 54.1 Å². The lowest BCUT2D eigenvalue weighted by Crippen LogP contribution is -2.37. The Kier molecular flexibility index (Phi) is 9.23. The third kappa shape index (κ3) is 6.52. The fourth-order valence-corrected chi connectivity index (χ4v) is 3.18. The molecular weight excluding hydrogens is 458 g/mol. The van der Waals surface area contributed by atoms with E-state index in [9.17, 15) is 13.6 Å². The molecular formula is C22H25BrF2N2O3. The lowest BCUT2D eigenvalue weighted by molar-refractivity contribution is -0.0498. The molecule has 1 heterocycles. The fourth-order valence-electron chi connectivity index (χ4n) is 3.18. The molecule has 0 saturated carbocycles. The summed E-state index contributed by atoms with van der Waals surface area (Å²) < 4.78 is 34.4. The van der Waals surface area contributed by atoms with Gasteiger partial charge in [-0.3, -0.25) is 9.79 Å². The third-order valence-electron chi connectivity index (χ3n) is 4.58. The molecule has 5 nitrogen and oxygen atoms in total. The van der Waals surface area contributed by atoms with Crippen molar-refractivity contribution in [3.8, 4) is 11.5 Å². The summed E-state index contributed by atoms with van der Waals surface area (Å²) in [6.45, 7) is 0.474. The van der Waals surface area contributed by atoms with E-state index >= 15 is 0 Å². The summed E-state index contributed by atoms with van der Waals surface area (Å²) in [4.78, 5) is 19.4. The fraction of sp³-hybridized carbons (Fsp3) is 0.364. The zero-order valence-corrected chi connectivity index (χ0v) is 18.4. The molecule has 2 aromatic rings. The first-order valence-electron chi connectivity index (χ1n) is 9.68. The van der Waals surface area contributed by atoms with E-state index in [0.717, 1.165) is 43.1 Å². The largest absolute Gasteiger partial charge is 0.494 e. The summed E-state index contributed by atoms with van der Waals surface area (Å²) in [7, 11) is 0. The number of Topliss-reactive ketones (excluding diaryl/α,β-unsaturated/α-hetero) is 1. The van der Waals surface area contributed by atoms with Crippen LogP contribution in [0.5, 0.6) is 11.5 Å². The standard InChI is InChI=1S/C22H24F2N2O3.BrH/c1-2-28-18-12-8-17(9-13-18)26(21-5-3-4-14-25-21)15-20(27)16-6-10-19(11-7-16)29-22(23)24;/h6-13,22H,2-5,14-15H2,1H3;1H. The lowest BCUT2D eigenvalue weighted by Gasteiger charge is -2.28. The maximum atomic E-state index is 12.9. The van der Waals surface area contributed by atoms with E-state index in [1.807, 2.05) is 36.1 Å².